The molecule has 0 bridgehead atoms. The van der Waals surface area contributed by atoms with Crippen LogP contribution in [0.5, 0.6) is 0 Å². The van der Waals surface area contributed by atoms with Crippen molar-refractivity contribution in [3.05, 3.63) is 65.6 Å². The van der Waals surface area contributed by atoms with Gasteiger partial charge < -0.3 is 14.6 Å². The molecule has 4 rings (SSSR count). The molecular formula is C20H18ClN3O2. The van der Waals surface area contributed by atoms with Gasteiger partial charge in [-0.2, -0.15) is 0 Å². The number of rotatable bonds is 5. The zero-order valence-electron chi connectivity index (χ0n) is 14.1. The molecule has 26 heavy (non-hydrogen) atoms. The van der Waals surface area contributed by atoms with Crippen LogP contribution in [-0.2, 0) is 11.3 Å². The second kappa shape index (κ2) is 7.22. The highest BCUT2D eigenvalue weighted by atomic mass is 35.5. The number of carbonyl (C=O) groups excluding carboxylic acids is 1. The molecule has 1 saturated heterocycles. The van der Waals surface area contributed by atoms with Crippen molar-refractivity contribution in [2.75, 3.05) is 16.8 Å². The number of hydrogen-bond donors (Lipinski definition) is 1. The van der Waals surface area contributed by atoms with Gasteiger partial charge in [-0.3, -0.25) is 4.79 Å². The summed E-state index contributed by atoms with van der Waals surface area (Å²) in [6, 6.07) is 15.3. The fourth-order valence-corrected chi connectivity index (χ4v) is 3.22. The van der Waals surface area contributed by atoms with Crippen molar-refractivity contribution >= 4 is 28.9 Å². The Kier molecular flexibility index (Phi) is 4.63. The van der Waals surface area contributed by atoms with Crippen molar-refractivity contribution in [2.24, 2.45) is 0 Å². The summed E-state index contributed by atoms with van der Waals surface area (Å²) in [5, 5.41) is 3.94. The Morgan fingerprint density at radius 1 is 1.19 bits per heavy atom. The summed E-state index contributed by atoms with van der Waals surface area (Å²) >= 11 is 6.01. The Hall–Kier alpha value is -2.79. The van der Waals surface area contributed by atoms with Crippen LogP contribution >= 0.6 is 11.6 Å². The summed E-state index contributed by atoms with van der Waals surface area (Å²) in [5.41, 5.74) is 2.79. The van der Waals surface area contributed by atoms with E-state index in [1.54, 1.807) is 6.20 Å². The smallest absolute Gasteiger partial charge is 0.227 e. The van der Waals surface area contributed by atoms with E-state index in [-0.39, 0.29) is 5.91 Å². The number of benzene rings is 2. The number of carbonyl (C=O) groups is 1. The van der Waals surface area contributed by atoms with Crippen LogP contribution in [-0.4, -0.2) is 17.4 Å². The van der Waals surface area contributed by atoms with Crippen molar-refractivity contribution in [1.82, 2.24) is 4.98 Å². The molecule has 3 aromatic rings. The van der Waals surface area contributed by atoms with E-state index in [0.29, 0.717) is 29.6 Å². The summed E-state index contributed by atoms with van der Waals surface area (Å²) in [6.45, 7) is 1.27. The van der Waals surface area contributed by atoms with Gasteiger partial charge in [-0.05, 0) is 42.8 Å². The first-order valence-electron chi connectivity index (χ1n) is 8.54. The SMILES string of the molecule is O=C1CCCN1c1ccc(NCc2ncc(-c3cccc(Cl)c3)o2)cc1. The first-order chi connectivity index (χ1) is 12.7. The van der Waals surface area contributed by atoms with Gasteiger partial charge in [0.15, 0.2) is 5.76 Å². The van der Waals surface area contributed by atoms with Gasteiger partial charge in [-0.15, -0.1) is 0 Å². The number of nitrogens with one attached hydrogen (secondary N) is 1. The maximum atomic E-state index is 11.8. The highest BCUT2D eigenvalue weighted by Gasteiger charge is 2.21. The van der Waals surface area contributed by atoms with Crippen LogP contribution < -0.4 is 10.2 Å². The van der Waals surface area contributed by atoms with Gasteiger partial charge in [0, 0.05) is 34.9 Å². The van der Waals surface area contributed by atoms with Crippen LogP contribution in [0.2, 0.25) is 5.02 Å². The number of aromatic nitrogens is 1. The predicted molar refractivity (Wildman–Crippen MR) is 102 cm³/mol. The van der Waals surface area contributed by atoms with E-state index in [9.17, 15) is 4.79 Å². The molecule has 0 unspecified atom stereocenters. The molecule has 2 heterocycles. The van der Waals surface area contributed by atoms with Crippen molar-refractivity contribution in [3.63, 3.8) is 0 Å². The van der Waals surface area contributed by atoms with Crippen molar-refractivity contribution in [1.29, 1.82) is 0 Å². The summed E-state index contributed by atoms with van der Waals surface area (Å²) in [4.78, 5) is 17.9. The minimum atomic E-state index is 0.194. The number of oxazole rings is 1. The van der Waals surface area contributed by atoms with E-state index >= 15 is 0 Å². The van der Waals surface area contributed by atoms with Crippen LogP contribution in [0.4, 0.5) is 11.4 Å². The lowest BCUT2D eigenvalue weighted by Crippen LogP contribution is -2.23. The maximum absolute atomic E-state index is 11.8. The van der Waals surface area contributed by atoms with Gasteiger partial charge in [-0.1, -0.05) is 23.7 Å². The molecule has 6 heteroatoms. The second-order valence-electron chi connectivity index (χ2n) is 6.18. The molecule has 1 N–H and O–H groups in total. The molecular weight excluding hydrogens is 350 g/mol. The normalized spacial score (nSPS) is 14.0. The van der Waals surface area contributed by atoms with E-state index < -0.39 is 0 Å². The van der Waals surface area contributed by atoms with E-state index in [0.717, 1.165) is 29.9 Å². The van der Waals surface area contributed by atoms with E-state index in [2.05, 4.69) is 10.3 Å². The highest BCUT2D eigenvalue weighted by Crippen LogP contribution is 2.25. The molecule has 0 spiro atoms. The Balaban J connectivity index is 1.39. The Bertz CT molecular complexity index is 921. The fraction of sp³-hybridized carbons (Fsp3) is 0.200. The zero-order valence-corrected chi connectivity index (χ0v) is 14.9. The minimum absolute atomic E-state index is 0.194. The third-order valence-corrected chi connectivity index (χ3v) is 4.59. The number of hydrogen-bond acceptors (Lipinski definition) is 4. The Morgan fingerprint density at radius 3 is 2.77 bits per heavy atom. The van der Waals surface area contributed by atoms with Crippen LogP contribution in [0.3, 0.4) is 0 Å². The van der Waals surface area contributed by atoms with E-state index in [4.69, 9.17) is 16.0 Å². The molecule has 1 aliphatic heterocycles. The molecule has 2 aromatic carbocycles. The van der Waals surface area contributed by atoms with Crippen LogP contribution in [0.1, 0.15) is 18.7 Å². The molecule has 0 saturated carbocycles. The topological polar surface area (TPSA) is 58.4 Å². The second-order valence-corrected chi connectivity index (χ2v) is 6.61. The number of halogens is 1. The van der Waals surface area contributed by atoms with Gasteiger partial charge in [0.25, 0.3) is 0 Å². The molecule has 1 fully saturated rings. The lowest BCUT2D eigenvalue weighted by Gasteiger charge is -2.16. The molecule has 1 aliphatic rings. The third kappa shape index (κ3) is 3.58. The monoisotopic (exact) mass is 367 g/mol. The highest BCUT2D eigenvalue weighted by molar-refractivity contribution is 6.30. The van der Waals surface area contributed by atoms with Gasteiger partial charge in [0.1, 0.15) is 0 Å². The van der Waals surface area contributed by atoms with Crippen molar-refractivity contribution < 1.29 is 9.21 Å². The molecule has 0 radical (unpaired) electrons. The lowest BCUT2D eigenvalue weighted by molar-refractivity contribution is -0.117. The van der Waals surface area contributed by atoms with Gasteiger partial charge >= 0.3 is 0 Å². The number of anilines is 2. The minimum Gasteiger partial charge on any atom is -0.439 e. The number of nitrogens with zero attached hydrogens (tertiary/aromatic N) is 2. The molecule has 5 nitrogen and oxygen atoms in total. The van der Waals surface area contributed by atoms with E-state index in [1.165, 1.54) is 0 Å². The Morgan fingerprint density at radius 2 is 2.04 bits per heavy atom. The standard InChI is InChI=1S/C20H18ClN3O2/c21-15-4-1-3-14(11-15)18-12-23-19(26-18)13-22-16-6-8-17(9-7-16)24-10-2-5-20(24)25/h1,3-4,6-9,11-12,22H,2,5,10,13H2. The molecule has 1 aromatic heterocycles. The average molecular weight is 368 g/mol. The molecule has 0 aliphatic carbocycles. The van der Waals surface area contributed by atoms with Gasteiger partial charge in [0.2, 0.25) is 11.8 Å². The van der Waals surface area contributed by atoms with Crippen LogP contribution in [0.25, 0.3) is 11.3 Å². The quantitative estimate of drug-likeness (QED) is 0.708. The first-order valence-corrected chi connectivity index (χ1v) is 8.92. The summed E-state index contributed by atoms with van der Waals surface area (Å²) in [7, 11) is 0. The summed E-state index contributed by atoms with van der Waals surface area (Å²) < 4.78 is 5.78. The van der Waals surface area contributed by atoms with Crippen LogP contribution in [0.15, 0.2) is 59.1 Å². The first kappa shape index (κ1) is 16.7. The number of amides is 1. The van der Waals surface area contributed by atoms with Gasteiger partial charge in [0.05, 0.1) is 12.7 Å². The summed E-state index contributed by atoms with van der Waals surface area (Å²) in [6.07, 6.45) is 3.27. The average Bonchev–Trinajstić information content (AvgIpc) is 3.29. The predicted octanol–water partition coefficient (Wildman–Crippen LogP) is 4.73. The fourth-order valence-electron chi connectivity index (χ4n) is 3.03. The summed E-state index contributed by atoms with van der Waals surface area (Å²) in [5.74, 6) is 1.48. The Labute approximate surface area is 156 Å². The molecule has 0 atom stereocenters. The van der Waals surface area contributed by atoms with Crippen LogP contribution in [0, 0.1) is 0 Å². The third-order valence-electron chi connectivity index (χ3n) is 4.36. The lowest BCUT2D eigenvalue weighted by atomic mass is 10.2. The molecule has 1 amide bonds. The maximum Gasteiger partial charge on any atom is 0.227 e. The van der Waals surface area contributed by atoms with Crippen molar-refractivity contribution in [2.45, 2.75) is 19.4 Å². The van der Waals surface area contributed by atoms with Crippen molar-refractivity contribution in [3.8, 4) is 11.3 Å². The zero-order chi connectivity index (χ0) is 17.9. The molecule has 132 valence electrons. The van der Waals surface area contributed by atoms with Gasteiger partial charge in [-0.25, -0.2) is 4.98 Å². The largest absolute Gasteiger partial charge is 0.439 e. The van der Waals surface area contributed by atoms with E-state index in [1.807, 2.05) is 53.4 Å².